The zero-order valence-electron chi connectivity index (χ0n) is 12.9. The Hall–Kier alpha value is -1.69. The van der Waals surface area contributed by atoms with Gasteiger partial charge >= 0.3 is 0 Å². The molecule has 0 atom stereocenters. The molecule has 0 unspecified atom stereocenters. The predicted octanol–water partition coefficient (Wildman–Crippen LogP) is 5.80. The van der Waals surface area contributed by atoms with Crippen molar-refractivity contribution in [3.8, 4) is 0 Å². The lowest BCUT2D eigenvalue weighted by atomic mass is 10.1. The summed E-state index contributed by atoms with van der Waals surface area (Å²) < 4.78 is 1.52. The van der Waals surface area contributed by atoms with E-state index in [2.05, 4.69) is 15.9 Å². The van der Waals surface area contributed by atoms with Crippen molar-refractivity contribution in [3.63, 3.8) is 0 Å². The van der Waals surface area contributed by atoms with E-state index < -0.39 is 0 Å². The Balaban J connectivity index is 1.85. The number of hydrogen-bond acceptors (Lipinski definition) is 3. The van der Waals surface area contributed by atoms with E-state index >= 15 is 0 Å². The average Bonchev–Trinajstić information content (AvgIpc) is 2.83. The Bertz CT molecular complexity index is 841. The molecule has 0 saturated carbocycles. The molecule has 24 heavy (non-hydrogen) atoms. The second kappa shape index (κ2) is 7.47. The van der Waals surface area contributed by atoms with Crippen LogP contribution in [0.1, 0.15) is 12.5 Å². The van der Waals surface area contributed by atoms with Gasteiger partial charge in [-0.15, -0.1) is 0 Å². The molecular weight excluding hydrogens is 402 g/mol. The molecular formula is C19H14BrNOS2. The van der Waals surface area contributed by atoms with Crippen molar-refractivity contribution in [2.24, 2.45) is 0 Å². The van der Waals surface area contributed by atoms with Crippen molar-refractivity contribution in [1.29, 1.82) is 0 Å². The lowest BCUT2D eigenvalue weighted by Gasteiger charge is -2.14. The van der Waals surface area contributed by atoms with E-state index in [0.29, 0.717) is 9.23 Å². The largest absolute Gasteiger partial charge is 0.270 e. The van der Waals surface area contributed by atoms with E-state index in [0.717, 1.165) is 21.3 Å². The summed E-state index contributed by atoms with van der Waals surface area (Å²) in [6.07, 6.45) is 3.94. The van der Waals surface area contributed by atoms with Gasteiger partial charge in [-0.25, -0.2) is 0 Å². The number of carbonyl (C=O) groups is 1. The number of benzene rings is 2. The maximum atomic E-state index is 12.7. The number of halogens is 1. The van der Waals surface area contributed by atoms with Gasteiger partial charge in [-0.3, -0.25) is 9.69 Å². The summed E-state index contributed by atoms with van der Waals surface area (Å²) in [6.45, 7) is 1.99. The number of thioether (sulfide) groups is 1. The second-order valence-corrected chi connectivity index (χ2v) is 7.88. The molecule has 3 rings (SSSR count). The first kappa shape index (κ1) is 17.1. The van der Waals surface area contributed by atoms with Gasteiger partial charge in [0.15, 0.2) is 4.32 Å². The van der Waals surface area contributed by atoms with Crippen molar-refractivity contribution in [2.75, 3.05) is 4.90 Å². The molecule has 120 valence electrons. The quantitative estimate of drug-likeness (QED) is 0.466. The summed E-state index contributed by atoms with van der Waals surface area (Å²) in [5.41, 5.74) is 2.90. The maximum Gasteiger partial charge on any atom is 0.270 e. The highest BCUT2D eigenvalue weighted by molar-refractivity contribution is 9.10. The molecule has 0 radical (unpaired) electrons. The molecule has 0 aromatic heterocycles. The number of allylic oxidation sites excluding steroid dienone is 2. The van der Waals surface area contributed by atoms with Crippen molar-refractivity contribution in [2.45, 2.75) is 6.92 Å². The summed E-state index contributed by atoms with van der Waals surface area (Å²) in [4.78, 5) is 14.9. The van der Waals surface area contributed by atoms with Crippen LogP contribution in [0.4, 0.5) is 5.69 Å². The van der Waals surface area contributed by atoms with Crippen molar-refractivity contribution in [1.82, 2.24) is 0 Å². The number of carbonyl (C=O) groups excluding carboxylic acids is 1. The molecule has 0 aliphatic carbocycles. The highest BCUT2D eigenvalue weighted by atomic mass is 79.9. The SMILES string of the molecule is CC(/C=C1\SC(=S)N(c2ccc(Br)cc2)C1=O)=C\c1ccccc1. The topological polar surface area (TPSA) is 20.3 Å². The van der Waals surface area contributed by atoms with E-state index in [9.17, 15) is 4.79 Å². The number of thiocarbonyl (C=S) groups is 1. The van der Waals surface area contributed by atoms with Crippen LogP contribution in [-0.2, 0) is 4.79 Å². The van der Waals surface area contributed by atoms with E-state index in [1.165, 1.54) is 11.8 Å². The van der Waals surface area contributed by atoms with E-state index in [-0.39, 0.29) is 5.91 Å². The average molecular weight is 416 g/mol. The zero-order chi connectivity index (χ0) is 17.1. The fraction of sp³-hybridized carbons (Fsp3) is 0.0526. The van der Waals surface area contributed by atoms with Gasteiger partial charge in [0.25, 0.3) is 5.91 Å². The van der Waals surface area contributed by atoms with Gasteiger partial charge in [0, 0.05) is 4.47 Å². The minimum Gasteiger partial charge on any atom is -0.268 e. The Morgan fingerprint density at radius 1 is 1.12 bits per heavy atom. The maximum absolute atomic E-state index is 12.7. The van der Waals surface area contributed by atoms with Crippen molar-refractivity contribution >= 4 is 61.9 Å². The molecule has 1 fully saturated rings. The molecule has 1 heterocycles. The fourth-order valence-corrected chi connectivity index (χ4v) is 3.95. The molecule has 1 aliphatic rings. The van der Waals surface area contributed by atoms with E-state index in [4.69, 9.17) is 12.2 Å². The van der Waals surface area contributed by atoms with Crippen LogP contribution >= 0.6 is 39.9 Å². The standard InChI is InChI=1S/C19H14BrNOS2/c1-13(11-14-5-3-2-4-6-14)12-17-18(22)21(19(23)24-17)16-9-7-15(20)8-10-16/h2-12H,1H3/b13-11+,17-12-. The number of nitrogens with zero attached hydrogens (tertiary/aromatic N) is 1. The first-order valence-electron chi connectivity index (χ1n) is 7.31. The smallest absolute Gasteiger partial charge is 0.268 e. The van der Waals surface area contributed by atoms with Crippen LogP contribution < -0.4 is 4.90 Å². The highest BCUT2D eigenvalue weighted by Gasteiger charge is 2.33. The summed E-state index contributed by atoms with van der Waals surface area (Å²) in [7, 11) is 0. The number of hydrogen-bond donors (Lipinski definition) is 0. The molecule has 0 bridgehead atoms. The van der Waals surface area contributed by atoms with Gasteiger partial charge in [-0.05, 0) is 48.4 Å². The van der Waals surface area contributed by atoms with Crippen molar-refractivity contribution in [3.05, 3.63) is 81.2 Å². The Morgan fingerprint density at radius 3 is 2.46 bits per heavy atom. The molecule has 2 nitrogen and oxygen atoms in total. The minimum atomic E-state index is -0.0758. The fourth-order valence-electron chi connectivity index (χ4n) is 2.34. The molecule has 2 aromatic carbocycles. The van der Waals surface area contributed by atoms with Crippen LogP contribution in [0, 0.1) is 0 Å². The van der Waals surface area contributed by atoms with Gasteiger partial charge in [0.05, 0.1) is 10.6 Å². The van der Waals surface area contributed by atoms with E-state index in [1.54, 1.807) is 4.90 Å². The van der Waals surface area contributed by atoms with Gasteiger partial charge < -0.3 is 0 Å². The van der Waals surface area contributed by atoms with Crippen LogP contribution in [0.2, 0.25) is 0 Å². The third-order valence-corrected chi connectivity index (χ3v) is 5.26. The van der Waals surface area contributed by atoms with Crippen molar-refractivity contribution < 1.29 is 4.79 Å². The molecule has 0 spiro atoms. The first-order chi connectivity index (χ1) is 11.5. The normalized spacial score (nSPS) is 17.0. The Labute approximate surface area is 159 Å². The lowest BCUT2D eigenvalue weighted by Crippen LogP contribution is -2.27. The monoisotopic (exact) mass is 415 g/mol. The second-order valence-electron chi connectivity index (χ2n) is 5.29. The first-order valence-corrected chi connectivity index (χ1v) is 9.33. The highest BCUT2D eigenvalue weighted by Crippen LogP contribution is 2.36. The molecule has 1 saturated heterocycles. The predicted molar refractivity (Wildman–Crippen MR) is 110 cm³/mol. The molecule has 1 amide bonds. The summed E-state index contributed by atoms with van der Waals surface area (Å²) in [6, 6.07) is 17.6. The minimum absolute atomic E-state index is 0.0758. The van der Waals surface area contributed by atoms with E-state index in [1.807, 2.05) is 73.7 Å². The summed E-state index contributed by atoms with van der Waals surface area (Å²) >= 11 is 10.1. The number of amides is 1. The summed E-state index contributed by atoms with van der Waals surface area (Å²) in [5, 5.41) is 0. The molecule has 1 aliphatic heterocycles. The third-order valence-electron chi connectivity index (χ3n) is 3.43. The van der Waals surface area contributed by atoms with Crippen LogP contribution in [-0.4, -0.2) is 10.2 Å². The number of anilines is 1. The van der Waals surface area contributed by atoms with Crippen LogP contribution in [0.15, 0.2) is 75.6 Å². The van der Waals surface area contributed by atoms with Crippen LogP contribution in [0.5, 0.6) is 0 Å². The van der Waals surface area contributed by atoms with Gasteiger partial charge in [-0.2, -0.15) is 0 Å². The van der Waals surface area contributed by atoms with Crippen LogP contribution in [0.3, 0.4) is 0 Å². The van der Waals surface area contributed by atoms with Crippen LogP contribution in [0.25, 0.3) is 6.08 Å². The molecule has 0 N–H and O–H groups in total. The Morgan fingerprint density at radius 2 is 1.79 bits per heavy atom. The summed E-state index contributed by atoms with van der Waals surface area (Å²) in [5.74, 6) is -0.0758. The van der Waals surface area contributed by atoms with Gasteiger partial charge in [-0.1, -0.05) is 76.3 Å². The zero-order valence-corrected chi connectivity index (χ0v) is 16.1. The lowest BCUT2D eigenvalue weighted by molar-refractivity contribution is -0.113. The number of rotatable bonds is 3. The Kier molecular flexibility index (Phi) is 5.33. The molecule has 5 heteroatoms. The van der Waals surface area contributed by atoms with Gasteiger partial charge in [0.2, 0.25) is 0 Å². The third kappa shape index (κ3) is 3.86. The van der Waals surface area contributed by atoms with Gasteiger partial charge in [0.1, 0.15) is 0 Å². The molecule has 2 aromatic rings.